The molecule has 4 nitrogen and oxygen atoms in total. The first kappa shape index (κ1) is 20.4. The summed E-state index contributed by atoms with van der Waals surface area (Å²) in [6.07, 6.45) is 1.81. The van der Waals surface area contributed by atoms with E-state index < -0.39 is 0 Å². The van der Waals surface area contributed by atoms with E-state index in [9.17, 15) is 4.79 Å². The van der Waals surface area contributed by atoms with Crippen LogP contribution in [-0.4, -0.2) is 10.5 Å². The molecule has 1 amide bonds. The van der Waals surface area contributed by atoms with Gasteiger partial charge in [0, 0.05) is 22.0 Å². The van der Waals surface area contributed by atoms with E-state index in [0.717, 1.165) is 15.7 Å². The topological polar surface area (TPSA) is 46.4 Å². The maximum Gasteiger partial charge on any atom is 0.271 e. The summed E-state index contributed by atoms with van der Waals surface area (Å²) < 4.78 is 2.95. The Bertz CT molecular complexity index is 947. The molecule has 0 saturated carbocycles. The smallest absolute Gasteiger partial charge is 0.271 e. The molecule has 134 valence electrons. The van der Waals surface area contributed by atoms with Crippen LogP contribution in [0, 0.1) is 0 Å². The standard InChI is InChI=1S/C19H16BrN3OS.BrH/c1-2-12-23-17(14-6-4-3-5-7-14)13-25-19(23)22-21-18(24)15-8-10-16(20)11-9-15;/h2-11,13H,1,12H2,(H,21,24);1H/b22-19-;. The summed E-state index contributed by atoms with van der Waals surface area (Å²) in [7, 11) is 0. The molecule has 3 aromatic rings. The highest BCUT2D eigenvalue weighted by molar-refractivity contribution is 9.10. The van der Waals surface area contributed by atoms with Gasteiger partial charge < -0.3 is 4.57 Å². The molecule has 0 bridgehead atoms. The van der Waals surface area contributed by atoms with E-state index in [-0.39, 0.29) is 22.9 Å². The van der Waals surface area contributed by atoms with Crippen molar-refractivity contribution in [2.24, 2.45) is 5.10 Å². The van der Waals surface area contributed by atoms with E-state index in [1.54, 1.807) is 12.1 Å². The van der Waals surface area contributed by atoms with Crippen LogP contribution in [0.25, 0.3) is 11.3 Å². The van der Waals surface area contributed by atoms with Crippen LogP contribution in [0.4, 0.5) is 0 Å². The van der Waals surface area contributed by atoms with E-state index >= 15 is 0 Å². The van der Waals surface area contributed by atoms with E-state index in [1.807, 2.05) is 58.5 Å². The molecule has 1 heterocycles. The Morgan fingerprint density at radius 2 is 1.88 bits per heavy atom. The number of benzene rings is 2. The predicted molar refractivity (Wildman–Crippen MR) is 115 cm³/mol. The molecule has 26 heavy (non-hydrogen) atoms. The highest BCUT2D eigenvalue weighted by Gasteiger charge is 2.08. The number of thiazole rings is 1. The maximum absolute atomic E-state index is 12.2. The van der Waals surface area contributed by atoms with Crippen molar-refractivity contribution in [1.82, 2.24) is 9.99 Å². The summed E-state index contributed by atoms with van der Waals surface area (Å²) >= 11 is 4.83. The summed E-state index contributed by atoms with van der Waals surface area (Å²) in [5.74, 6) is -0.243. The van der Waals surface area contributed by atoms with Gasteiger partial charge in [-0.2, -0.15) is 0 Å². The molecule has 0 atom stereocenters. The molecule has 3 rings (SSSR count). The lowest BCUT2D eigenvalue weighted by Gasteiger charge is -2.06. The molecule has 0 radical (unpaired) electrons. The van der Waals surface area contributed by atoms with E-state index in [2.05, 4.69) is 33.0 Å². The molecule has 1 aromatic heterocycles. The summed E-state index contributed by atoms with van der Waals surface area (Å²) in [5.41, 5.74) is 5.32. The van der Waals surface area contributed by atoms with Gasteiger partial charge in [0.1, 0.15) is 0 Å². The molecule has 0 spiro atoms. The molecular formula is C19H17Br2N3OS. The third-order valence-electron chi connectivity index (χ3n) is 3.54. The number of carbonyl (C=O) groups is 1. The van der Waals surface area contributed by atoms with E-state index in [4.69, 9.17) is 0 Å². The summed E-state index contributed by atoms with van der Waals surface area (Å²) in [4.78, 5) is 12.9. The van der Waals surface area contributed by atoms with Crippen LogP contribution in [0.15, 0.2) is 82.2 Å². The first-order valence-corrected chi connectivity index (χ1v) is 9.30. The summed E-state index contributed by atoms with van der Waals surface area (Å²) in [6, 6.07) is 17.2. The lowest BCUT2D eigenvalue weighted by molar-refractivity contribution is 0.0953. The first-order chi connectivity index (χ1) is 12.2. The Labute approximate surface area is 174 Å². The zero-order chi connectivity index (χ0) is 17.6. The van der Waals surface area contributed by atoms with Crippen molar-refractivity contribution >= 4 is 50.2 Å². The predicted octanol–water partition coefficient (Wildman–Crippen LogP) is 4.99. The van der Waals surface area contributed by atoms with Crippen LogP contribution < -0.4 is 10.2 Å². The minimum atomic E-state index is -0.243. The highest BCUT2D eigenvalue weighted by Crippen LogP contribution is 2.19. The number of carbonyl (C=O) groups excluding carboxylic acids is 1. The normalized spacial score (nSPS) is 10.9. The fourth-order valence-electron chi connectivity index (χ4n) is 2.33. The van der Waals surface area contributed by atoms with Crippen LogP contribution in [0.2, 0.25) is 0 Å². The lowest BCUT2D eigenvalue weighted by Crippen LogP contribution is -2.24. The van der Waals surface area contributed by atoms with Gasteiger partial charge in [0.25, 0.3) is 5.91 Å². The van der Waals surface area contributed by atoms with Gasteiger partial charge in [-0.1, -0.05) is 52.3 Å². The van der Waals surface area contributed by atoms with Gasteiger partial charge in [-0.05, 0) is 29.8 Å². The quantitative estimate of drug-likeness (QED) is 0.394. The number of aromatic nitrogens is 1. The number of allylic oxidation sites excluding steroid dienone is 1. The number of nitrogens with one attached hydrogen (secondary N) is 1. The van der Waals surface area contributed by atoms with Crippen molar-refractivity contribution in [2.45, 2.75) is 6.54 Å². The molecule has 0 aliphatic carbocycles. The van der Waals surface area contributed by atoms with E-state index in [1.165, 1.54) is 11.3 Å². The minimum Gasteiger partial charge on any atom is -0.311 e. The molecular weight excluding hydrogens is 478 g/mol. The second-order valence-electron chi connectivity index (χ2n) is 5.23. The fraction of sp³-hybridized carbons (Fsp3) is 0.0526. The fourth-order valence-corrected chi connectivity index (χ4v) is 3.47. The van der Waals surface area contributed by atoms with Crippen LogP contribution in [0.1, 0.15) is 10.4 Å². The molecule has 1 N–H and O–H groups in total. The van der Waals surface area contributed by atoms with Crippen molar-refractivity contribution in [2.75, 3.05) is 0 Å². The van der Waals surface area contributed by atoms with Crippen LogP contribution in [0.5, 0.6) is 0 Å². The Balaban J connectivity index is 0.00000243. The third kappa shape index (κ3) is 4.81. The zero-order valence-electron chi connectivity index (χ0n) is 13.8. The van der Waals surface area contributed by atoms with Gasteiger partial charge in [0.15, 0.2) is 0 Å². The number of halogens is 2. The van der Waals surface area contributed by atoms with Crippen LogP contribution in [-0.2, 0) is 6.54 Å². The van der Waals surface area contributed by atoms with Crippen molar-refractivity contribution in [3.63, 3.8) is 0 Å². The SMILES string of the molecule is Br.C=CCn1c(-c2ccccc2)cs/c1=N\NC(=O)c1ccc(Br)cc1. The van der Waals surface area contributed by atoms with Crippen LogP contribution >= 0.6 is 44.2 Å². The molecule has 7 heteroatoms. The van der Waals surface area contributed by atoms with Gasteiger partial charge >= 0.3 is 0 Å². The summed E-state index contributed by atoms with van der Waals surface area (Å²) in [6.45, 7) is 4.42. The first-order valence-electron chi connectivity index (χ1n) is 7.63. The average molecular weight is 495 g/mol. The van der Waals surface area contributed by atoms with Crippen molar-refractivity contribution in [1.29, 1.82) is 0 Å². The molecule has 0 unspecified atom stereocenters. The largest absolute Gasteiger partial charge is 0.311 e. The Hall–Kier alpha value is -1.96. The second kappa shape index (κ2) is 9.66. The highest BCUT2D eigenvalue weighted by atomic mass is 79.9. The van der Waals surface area contributed by atoms with Crippen molar-refractivity contribution < 1.29 is 4.79 Å². The third-order valence-corrected chi connectivity index (χ3v) is 4.93. The Morgan fingerprint density at radius 3 is 2.54 bits per heavy atom. The average Bonchev–Trinajstić information content (AvgIpc) is 3.04. The number of hydrogen-bond donors (Lipinski definition) is 1. The molecule has 0 aliphatic heterocycles. The van der Waals surface area contributed by atoms with Gasteiger partial charge in [0.2, 0.25) is 4.80 Å². The monoisotopic (exact) mass is 493 g/mol. The minimum absolute atomic E-state index is 0. The van der Waals surface area contributed by atoms with Crippen LogP contribution in [0.3, 0.4) is 0 Å². The van der Waals surface area contributed by atoms with Gasteiger partial charge in [-0.15, -0.1) is 40.0 Å². The number of rotatable bonds is 5. The van der Waals surface area contributed by atoms with Gasteiger partial charge in [0.05, 0.1) is 5.69 Å². The number of hydrogen-bond acceptors (Lipinski definition) is 3. The lowest BCUT2D eigenvalue weighted by atomic mass is 10.2. The number of nitrogens with zero attached hydrogens (tertiary/aromatic N) is 2. The van der Waals surface area contributed by atoms with Gasteiger partial charge in [-0.3, -0.25) is 4.79 Å². The van der Waals surface area contributed by atoms with Crippen molar-refractivity contribution in [3.8, 4) is 11.3 Å². The summed E-state index contributed by atoms with van der Waals surface area (Å²) in [5, 5.41) is 6.32. The second-order valence-corrected chi connectivity index (χ2v) is 6.98. The van der Waals surface area contributed by atoms with Gasteiger partial charge in [-0.25, -0.2) is 5.43 Å². The maximum atomic E-state index is 12.2. The van der Waals surface area contributed by atoms with E-state index in [0.29, 0.717) is 16.9 Å². The number of amides is 1. The Kier molecular flexibility index (Phi) is 7.56. The molecule has 0 aliphatic rings. The molecule has 0 saturated heterocycles. The van der Waals surface area contributed by atoms with Crippen molar-refractivity contribution in [3.05, 3.63) is 87.5 Å². The molecule has 2 aromatic carbocycles. The molecule has 0 fully saturated rings. The zero-order valence-corrected chi connectivity index (χ0v) is 17.9. The Morgan fingerprint density at radius 1 is 1.19 bits per heavy atom.